The van der Waals surface area contributed by atoms with Gasteiger partial charge in [0, 0.05) is 36.8 Å². The van der Waals surface area contributed by atoms with Crippen LogP contribution < -0.4 is 19.7 Å². The SMILES string of the molecule is COCCCNC(=O)CN1C(=O)CS[C@H](c2ccccc2OC)c2c(C(C)(C)C)nn(-c3ccc(OC)cc3)c21. The number of aromatic nitrogens is 2. The van der Waals surface area contributed by atoms with Crippen molar-refractivity contribution in [2.75, 3.05) is 51.7 Å². The van der Waals surface area contributed by atoms with Gasteiger partial charge in [-0.05, 0) is 36.8 Å². The summed E-state index contributed by atoms with van der Waals surface area (Å²) >= 11 is 1.52. The Balaban J connectivity index is 1.93. The van der Waals surface area contributed by atoms with Crippen molar-refractivity contribution in [2.24, 2.45) is 0 Å². The van der Waals surface area contributed by atoms with Crippen molar-refractivity contribution in [2.45, 2.75) is 37.9 Å². The van der Waals surface area contributed by atoms with Crippen molar-refractivity contribution in [3.8, 4) is 17.2 Å². The van der Waals surface area contributed by atoms with E-state index in [0.29, 0.717) is 31.1 Å². The quantitative estimate of drug-likeness (QED) is 0.361. The monoisotopic (exact) mass is 566 g/mol. The number of carbonyl (C=O) groups excluding carboxylic acids is 2. The fourth-order valence-corrected chi connectivity index (χ4v) is 5.97. The second-order valence-corrected chi connectivity index (χ2v) is 11.6. The highest BCUT2D eigenvalue weighted by molar-refractivity contribution is 8.00. The largest absolute Gasteiger partial charge is 0.497 e. The van der Waals surface area contributed by atoms with Crippen LogP contribution in [0.1, 0.15) is 49.3 Å². The molecule has 0 saturated heterocycles. The molecule has 0 spiro atoms. The molecule has 2 aromatic carbocycles. The normalized spacial score (nSPS) is 15.4. The summed E-state index contributed by atoms with van der Waals surface area (Å²) in [6.07, 6.45) is 0.686. The van der Waals surface area contributed by atoms with E-state index in [1.807, 2.05) is 48.5 Å². The topological polar surface area (TPSA) is 94.9 Å². The molecule has 0 aliphatic carbocycles. The van der Waals surface area contributed by atoms with Gasteiger partial charge in [0.05, 0.1) is 36.6 Å². The minimum atomic E-state index is -0.357. The van der Waals surface area contributed by atoms with Crippen molar-refractivity contribution in [3.05, 3.63) is 65.4 Å². The van der Waals surface area contributed by atoms with Gasteiger partial charge < -0.3 is 19.5 Å². The fourth-order valence-electron chi connectivity index (χ4n) is 4.75. The molecule has 40 heavy (non-hydrogen) atoms. The summed E-state index contributed by atoms with van der Waals surface area (Å²) in [4.78, 5) is 28.5. The highest BCUT2D eigenvalue weighted by atomic mass is 32.2. The van der Waals surface area contributed by atoms with E-state index in [1.54, 1.807) is 30.9 Å². The smallest absolute Gasteiger partial charge is 0.240 e. The Bertz CT molecular complexity index is 1330. The third-order valence-corrected chi connectivity index (χ3v) is 7.92. The lowest BCUT2D eigenvalue weighted by atomic mass is 9.87. The first-order valence-corrected chi connectivity index (χ1v) is 14.3. The lowest BCUT2D eigenvalue weighted by Crippen LogP contribution is -2.42. The number of methoxy groups -OCH3 is 3. The number of anilines is 1. The zero-order valence-electron chi connectivity index (χ0n) is 24.0. The van der Waals surface area contributed by atoms with E-state index in [0.717, 1.165) is 28.3 Å². The standard InChI is InChI=1S/C30H38N4O5S/c1-30(2,3)28-26-27(22-10-7-8-11-23(22)39-6)40-19-25(36)33(18-24(35)31-16-9-17-37-4)29(26)34(32-28)20-12-14-21(38-5)15-13-20/h7-8,10-15,27H,9,16-19H2,1-6H3,(H,31,35)/t27-/m1/s1. The summed E-state index contributed by atoms with van der Waals surface area (Å²) < 4.78 is 18.0. The maximum absolute atomic E-state index is 13.8. The van der Waals surface area contributed by atoms with Crippen molar-refractivity contribution >= 4 is 29.4 Å². The predicted octanol–water partition coefficient (Wildman–Crippen LogP) is 4.51. The summed E-state index contributed by atoms with van der Waals surface area (Å²) in [5, 5.41) is 7.80. The molecule has 1 N–H and O–H groups in total. The summed E-state index contributed by atoms with van der Waals surface area (Å²) in [5.41, 5.74) is 3.10. The van der Waals surface area contributed by atoms with E-state index >= 15 is 0 Å². The number of para-hydroxylation sites is 1. The summed E-state index contributed by atoms with van der Waals surface area (Å²) in [6, 6.07) is 15.4. The van der Waals surface area contributed by atoms with E-state index < -0.39 is 0 Å². The number of nitrogens with one attached hydrogen (secondary N) is 1. The zero-order valence-corrected chi connectivity index (χ0v) is 24.8. The van der Waals surface area contributed by atoms with Gasteiger partial charge in [-0.2, -0.15) is 5.10 Å². The number of hydrogen-bond acceptors (Lipinski definition) is 7. The molecule has 1 aromatic heterocycles. The van der Waals surface area contributed by atoms with E-state index in [1.165, 1.54) is 11.8 Å². The van der Waals surface area contributed by atoms with Gasteiger partial charge in [0.2, 0.25) is 11.8 Å². The number of thioether (sulfide) groups is 1. The van der Waals surface area contributed by atoms with Crippen LogP contribution in [-0.4, -0.2) is 68.4 Å². The molecule has 1 atom stereocenters. The van der Waals surface area contributed by atoms with Crippen LogP contribution in [0.15, 0.2) is 48.5 Å². The van der Waals surface area contributed by atoms with Gasteiger partial charge in [-0.1, -0.05) is 39.0 Å². The number of fused-ring (bicyclic) bond motifs is 1. The third kappa shape index (κ3) is 6.28. The molecule has 0 radical (unpaired) electrons. The number of carbonyl (C=O) groups is 2. The van der Waals surface area contributed by atoms with Gasteiger partial charge in [0.25, 0.3) is 0 Å². The Morgan fingerprint density at radius 3 is 2.45 bits per heavy atom. The molecular formula is C30H38N4O5S. The van der Waals surface area contributed by atoms with Crippen LogP contribution in [0.25, 0.3) is 5.69 Å². The molecule has 0 fully saturated rings. The molecule has 1 aliphatic heterocycles. The molecule has 9 nitrogen and oxygen atoms in total. The van der Waals surface area contributed by atoms with Gasteiger partial charge in [-0.15, -0.1) is 11.8 Å². The number of benzene rings is 2. The first-order valence-electron chi connectivity index (χ1n) is 13.3. The summed E-state index contributed by atoms with van der Waals surface area (Å²) in [7, 11) is 4.90. The minimum Gasteiger partial charge on any atom is -0.497 e. The lowest BCUT2D eigenvalue weighted by molar-refractivity contribution is -0.122. The summed E-state index contributed by atoms with van der Waals surface area (Å²) in [5.74, 6) is 1.83. The van der Waals surface area contributed by atoms with Gasteiger partial charge in [0.15, 0.2) is 0 Å². The minimum absolute atomic E-state index is 0.122. The number of hydrogen-bond donors (Lipinski definition) is 1. The predicted molar refractivity (Wildman–Crippen MR) is 158 cm³/mol. The molecule has 4 rings (SSSR count). The van der Waals surface area contributed by atoms with E-state index in [2.05, 4.69) is 26.1 Å². The zero-order chi connectivity index (χ0) is 28.9. The van der Waals surface area contributed by atoms with Crippen molar-refractivity contribution in [1.29, 1.82) is 0 Å². The molecular weight excluding hydrogens is 528 g/mol. The van der Waals surface area contributed by atoms with Gasteiger partial charge in [-0.25, -0.2) is 4.68 Å². The Hall–Kier alpha value is -3.50. The third-order valence-electron chi connectivity index (χ3n) is 6.69. The molecule has 1 aliphatic rings. The van der Waals surface area contributed by atoms with Crippen LogP contribution in [0.3, 0.4) is 0 Å². The summed E-state index contributed by atoms with van der Waals surface area (Å²) in [6.45, 7) is 7.21. The Morgan fingerprint density at radius 1 is 1.07 bits per heavy atom. The Kier molecular flexibility index (Phi) is 9.42. The van der Waals surface area contributed by atoms with Crippen LogP contribution in [0.2, 0.25) is 0 Å². The van der Waals surface area contributed by atoms with Crippen molar-refractivity contribution < 1.29 is 23.8 Å². The molecule has 3 aromatic rings. The first-order chi connectivity index (χ1) is 19.2. The number of nitrogens with zero attached hydrogens (tertiary/aromatic N) is 3. The first kappa shape index (κ1) is 29.5. The molecule has 0 saturated carbocycles. The van der Waals surface area contributed by atoms with Gasteiger partial charge in [0.1, 0.15) is 23.9 Å². The van der Waals surface area contributed by atoms with E-state index in [4.69, 9.17) is 19.3 Å². The van der Waals surface area contributed by atoms with Gasteiger partial charge in [-0.3, -0.25) is 14.5 Å². The lowest BCUT2D eigenvalue weighted by Gasteiger charge is -2.25. The van der Waals surface area contributed by atoms with Crippen LogP contribution in [-0.2, 0) is 19.7 Å². The van der Waals surface area contributed by atoms with Crippen molar-refractivity contribution in [1.82, 2.24) is 15.1 Å². The highest BCUT2D eigenvalue weighted by Crippen LogP contribution is 2.50. The second-order valence-electron chi connectivity index (χ2n) is 10.6. The molecule has 2 amide bonds. The molecule has 0 bridgehead atoms. The Morgan fingerprint density at radius 2 is 1.80 bits per heavy atom. The number of rotatable bonds is 10. The van der Waals surface area contributed by atoms with Crippen LogP contribution in [0, 0.1) is 0 Å². The fraction of sp³-hybridized carbons (Fsp3) is 0.433. The molecule has 214 valence electrons. The average Bonchev–Trinajstić information content (AvgIpc) is 3.29. The number of ether oxygens (including phenoxy) is 3. The number of amides is 2. The van der Waals surface area contributed by atoms with E-state index in [9.17, 15) is 9.59 Å². The molecule has 0 unspecified atom stereocenters. The van der Waals surface area contributed by atoms with Gasteiger partial charge >= 0.3 is 0 Å². The van der Waals surface area contributed by atoms with Crippen LogP contribution in [0.5, 0.6) is 11.5 Å². The maximum Gasteiger partial charge on any atom is 0.240 e. The van der Waals surface area contributed by atoms with Crippen LogP contribution in [0.4, 0.5) is 5.82 Å². The maximum atomic E-state index is 13.8. The van der Waals surface area contributed by atoms with Crippen LogP contribution >= 0.6 is 11.8 Å². The van der Waals surface area contributed by atoms with Crippen molar-refractivity contribution in [3.63, 3.8) is 0 Å². The molecule has 2 heterocycles. The average molecular weight is 567 g/mol. The highest BCUT2D eigenvalue weighted by Gasteiger charge is 2.40. The second kappa shape index (κ2) is 12.8. The van der Waals surface area contributed by atoms with E-state index in [-0.39, 0.29) is 34.8 Å². The Labute approximate surface area is 240 Å². The molecule has 10 heteroatoms.